The van der Waals surface area contributed by atoms with Gasteiger partial charge in [-0.1, -0.05) is 24.3 Å². The zero-order valence-corrected chi connectivity index (χ0v) is 20.0. The van der Waals surface area contributed by atoms with Crippen LogP contribution >= 0.6 is 0 Å². The second-order valence-corrected chi connectivity index (χ2v) is 8.79. The fourth-order valence-corrected chi connectivity index (χ4v) is 4.08. The molecule has 36 heavy (non-hydrogen) atoms. The van der Waals surface area contributed by atoms with Gasteiger partial charge in [0.1, 0.15) is 12.2 Å². The molecule has 0 bridgehead atoms. The summed E-state index contributed by atoms with van der Waals surface area (Å²) in [6, 6.07) is 7.24. The molecule has 1 aromatic carbocycles. The van der Waals surface area contributed by atoms with Crippen LogP contribution in [0.1, 0.15) is 35.7 Å². The summed E-state index contributed by atoms with van der Waals surface area (Å²) in [4.78, 5) is 23.6. The van der Waals surface area contributed by atoms with E-state index in [1.807, 2.05) is 24.1 Å². The van der Waals surface area contributed by atoms with Crippen molar-refractivity contribution < 1.29 is 17.9 Å². The number of rotatable bonds is 7. The van der Waals surface area contributed by atoms with Gasteiger partial charge in [-0.2, -0.15) is 13.2 Å². The highest BCUT2D eigenvalue weighted by Gasteiger charge is 2.34. The molecule has 186 valence electrons. The fraction of sp³-hybridized carbons (Fsp3) is 0.320. The zero-order valence-electron chi connectivity index (χ0n) is 20.0. The zero-order chi connectivity index (χ0) is 25.4. The van der Waals surface area contributed by atoms with Crippen LogP contribution in [0.15, 0.2) is 49.2 Å². The number of aromatic nitrogens is 6. The Morgan fingerprint density at radius 3 is 2.47 bits per heavy atom. The van der Waals surface area contributed by atoms with Gasteiger partial charge in [0, 0.05) is 44.5 Å². The van der Waals surface area contributed by atoms with Crippen molar-refractivity contribution in [2.45, 2.75) is 31.5 Å². The fourth-order valence-electron chi connectivity index (χ4n) is 4.08. The van der Waals surface area contributed by atoms with E-state index in [4.69, 9.17) is 9.72 Å². The molecule has 0 spiro atoms. The highest BCUT2D eigenvalue weighted by molar-refractivity contribution is 5.63. The van der Waals surface area contributed by atoms with Crippen molar-refractivity contribution in [3.63, 3.8) is 0 Å². The molecule has 1 fully saturated rings. The molecule has 11 heteroatoms. The van der Waals surface area contributed by atoms with Crippen LogP contribution < -0.4 is 9.64 Å². The van der Waals surface area contributed by atoms with Crippen LogP contribution in [0.3, 0.4) is 0 Å². The largest absolute Gasteiger partial charge is 0.491 e. The van der Waals surface area contributed by atoms with Gasteiger partial charge in [-0.3, -0.25) is 0 Å². The number of alkyl halides is 3. The number of anilines is 1. The summed E-state index contributed by atoms with van der Waals surface area (Å²) in [5, 5.41) is 0. The van der Waals surface area contributed by atoms with E-state index in [1.54, 1.807) is 45.0 Å². The van der Waals surface area contributed by atoms with Gasteiger partial charge in [-0.15, -0.1) is 0 Å². The van der Waals surface area contributed by atoms with Gasteiger partial charge in [-0.25, -0.2) is 24.9 Å². The normalized spacial score (nSPS) is 13.6. The predicted molar refractivity (Wildman–Crippen MR) is 127 cm³/mol. The van der Waals surface area contributed by atoms with Gasteiger partial charge in [0.05, 0.1) is 24.6 Å². The highest BCUT2D eigenvalue weighted by Crippen LogP contribution is 2.42. The van der Waals surface area contributed by atoms with Gasteiger partial charge in [0.2, 0.25) is 0 Å². The van der Waals surface area contributed by atoms with Gasteiger partial charge in [0.15, 0.2) is 23.1 Å². The van der Waals surface area contributed by atoms with Crippen LogP contribution in [-0.2, 0) is 19.8 Å². The Hall–Kier alpha value is -4.02. The first-order valence-electron chi connectivity index (χ1n) is 11.4. The van der Waals surface area contributed by atoms with Crippen molar-refractivity contribution in [1.82, 2.24) is 29.5 Å². The first-order valence-corrected chi connectivity index (χ1v) is 11.4. The van der Waals surface area contributed by atoms with Crippen molar-refractivity contribution in [3.05, 3.63) is 66.1 Å². The summed E-state index contributed by atoms with van der Waals surface area (Å²) in [5.74, 6) is 2.33. The molecule has 3 aromatic heterocycles. The number of methoxy groups -OCH3 is 1. The first kappa shape index (κ1) is 23.7. The van der Waals surface area contributed by atoms with E-state index < -0.39 is 11.9 Å². The van der Waals surface area contributed by atoms with Gasteiger partial charge in [-0.05, 0) is 18.4 Å². The highest BCUT2D eigenvalue weighted by atomic mass is 19.4. The summed E-state index contributed by atoms with van der Waals surface area (Å²) in [7, 11) is 5.00. The van der Waals surface area contributed by atoms with E-state index in [9.17, 15) is 13.2 Å². The Labute approximate surface area is 205 Å². The Morgan fingerprint density at radius 2 is 1.83 bits per heavy atom. The molecule has 0 N–H and O–H groups in total. The van der Waals surface area contributed by atoms with E-state index in [-0.39, 0.29) is 5.82 Å². The number of ether oxygens (including phenoxy) is 1. The van der Waals surface area contributed by atoms with Crippen LogP contribution in [0.5, 0.6) is 5.75 Å². The standard InChI is InChI=1S/C25H24F3N7O/c1-34(12-15-4-6-17(7-5-15)23-32-20(13-35(23)2)25(26,27)28)24-19(36-3)11-30-22(33-24)18-10-29-14-31-21(18)16-8-9-16/h4-7,10-11,13-14,16H,8-9,12H2,1-3H3. The molecule has 0 unspecified atom stereocenters. The molecule has 0 aliphatic heterocycles. The molecule has 1 saturated carbocycles. The van der Waals surface area contributed by atoms with E-state index >= 15 is 0 Å². The second kappa shape index (κ2) is 9.21. The predicted octanol–water partition coefficient (Wildman–Crippen LogP) is 4.88. The Kier molecular flexibility index (Phi) is 6.07. The van der Waals surface area contributed by atoms with Crippen LogP contribution in [0.4, 0.5) is 19.0 Å². The average molecular weight is 496 g/mol. The van der Waals surface area contributed by atoms with Crippen molar-refractivity contribution in [3.8, 4) is 28.5 Å². The maximum Gasteiger partial charge on any atom is 0.434 e. The molecule has 1 aliphatic carbocycles. The minimum absolute atomic E-state index is 0.251. The molecule has 0 atom stereocenters. The smallest absolute Gasteiger partial charge is 0.434 e. The van der Waals surface area contributed by atoms with Crippen molar-refractivity contribution in [2.24, 2.45) is 7.05 Å². The van der Waals surface area contributed by atoms with E-state index in [0.29, 0.717) is 35.4 Å². The summed E-state index contributed by atoms with van der Waals surface area (Å²) >= 11 is 0. The van der Waals surface area contributed by atoms with Gasteiger partial charge >= 0.3 is 6.18 Å². The van der Waals surface area contributed by atoms with E-state index in [1.165, 1.54) is 4.57 Å². The minimum atomic E-state index is -4.49. The minimum Gasteiger partial charge on any atom is -0.491 e. The van der Waals surface area contributed by atoms with Crippen LogP contribution in [-0.4, -0.2) is 43.6 Å². The number of imidazole rings is 1. The third-order valence-electron chi connectivity index (χ3n) is 6.06. The molecule has 0 saturated heterocycles. The lowest BCUT2D eigenvalue weighted by atomic mass is 10.1. The molecule has 1 aliphatic rings. The Bertz CT molecular complexity index is 1380. The molecule has 3 heterocycles. The molecule has 5 rings (SSSR count). The van der Waals surface area contributed by atoms with Crippen molar-refractivity contribution in [1.29, 1.82) is 0 Å². The summed E-state index contributed by atoms with van der Waals surface area (Å²) < 4.78 is 45.9. The maximum atomic E-state index is 13.0. The van der Waals surface area contributed by atoms with Crippen molar-refractivity contribution in [2.75, 3.05) is 19.1 Å². The third-order valence-corrected chi connectivity index (χ3v) is 6.06. The number of hydrogen-bond donors (Lipinski definition) is 0. The molecule has 8 nitrogen and oxygen atoms in total. The topological polar surface area (TPSA) is 81.8 Å². The van der Waals surface area contributed by atoms with Gasteiger partial charge < -0.3 is 14.2 Å². The second-order valence-electron chi connectivity index (χ2n) is 8.79. The van der Waals surface area contributed by atoms with Crippen LogP contribution in [0.25, 0.3) is 22.8 Å². The molecular weight excluding hydrogens is 471 g/mol. The summed E-state index contributed by atoms with van der Waals surface area (Å²) in [5.41, 5.74) is 2.40. The molecule has 0 radical (unpaired) electrons. The number of halogens is 3. The molecule has 4 aromatic rings. The average Bonchev–Trinajstić information content (AvgIpc) is 3.64. The summed E-state index contributed by atoms with van der Waals surface area (Å²) in [6.45, 7) is 0.488. The number of aryl methyl sites for hydroxylation is 1. The van der Waals surface area contributed by atoms with E-state index in [2.05, 4.69) is 19.9 Å². The lowest BCUT2D eigenvalue weighted by Crippen LogP contribution is -2.19. The van der Waals surface area contributed by atoms with Gasteiger partial charge in [0.25, 0.3) is 0 Å². The third kappa shape index (κ3) is 4.73. The molecular formula is C25H24F3N7O. The van der Waals surface area contributed by atoms with E-state index in [0.717, 1.165) is 35.9 Å². The first-order chi connectivity index (χ1) is 17.2. The van der Waals surface area contributed by atoms with Crippen LogP contribution in [0.2, 0.25) is 0 Å². The Morgan fingerprint density at radius 1 is 1.08 bits per heavy atom. The van der Waals surface area contributed by atoms with Crippen LogP contribution in [0, 0.1) is 0 Å². The number of benzene rings is 1. The lowest BCUT2D eigenvalue weighted by molar-refractivity contribution is -0.140. The maximum absolute atomic E-state index is 13.0. The van der Waals surface area contributed by atoms with Crippen molar-refractivity contribution >= 4 is 5.82 Å². The summed E-state index contributed by atoms with van der Waals surface area (Å²) in [6.07, 6.45) is 3.62. The Balaban J connectivity index is 1.39. The SMILES string of the molecule is COc1cnc(-c2cncnc2C2CC2)nc1N(C)Cc1ccc(-c2nc(C(F)(F)F)cn2C)cc1. The molecule has 0 amide bonds. The lowest BCUT2D eigenvalue weighted by Gasteiger charge is -2.21. The monoisotopic (exact) mass is 495 g/mol. The number of nitrogens with zero attached hydrogens (tertiary/aromatic N) is 7. The number of hydrogen-bond acceptors (Lipinski definition) is 7. The quantitative estimate of drug-likeness (QED) is 0.362.